The first-order valence-electron chi connectivity index (χ1n) is 23.2. The summed E-state index contributed by atoms with van der Waals surface area (Å²) in [5, 5.41) is 5.35. The monoisotopic (exact) mass is 950 g/mol. The van der Waals surface area contributed by atoms with Gasteiger partial charge >= 0.3 is 23.9 Å². The standard InChI is InChI=1S/C56H58N2O12/c1-32(2)46(59)28-67-52(65)42-18-16-39(22-44(42)48(61)57-8)54(6,7)40-17-19-43(53(66)68-29-47(60)33(3)4)45(23-40)49(62)58-41-11-9-10-38(21-41)51(64)70-56-26-35-20-36(27-56)25-55(24-35,30-56)31-69-50(63)37-14-12-34(5)13-15-37/h9-19,21-23,35-36H,1,3,20,24-31H2,2,4-8H3,(H,57,61)(H,58,62). The second-order valence-electron chi connectivity index (χ2n) is 19.8. The summed E-state index contributed by atoms with van der Waals surface area (Å²) >= 11 is 0. The summed E-state index contributed by atoms with van der Waals surface area (Å²) in [4.78, 5) is 106. The van der Waals surface area contributed by atoms with Crippen molar-refractivity contribution in [3.8, 4) is 0 Å². The van der Waals surface area contributed by atoms with E-state index in [-0.39, 0.29) is 62.6 Å². The number of ether oxygens (including phenoxy) is 4. The van der Waals surface area contributed by atoms with E-state index in [1.165, 1.54) is 51.2 Å². The van der Waals surface area contributed by atoms with E-state index in [4.69, 9.17) is 18.9 Å². The Kier molecular flexibility index (Phi) is 14.6. The number of Topliss-reactive ketones (excluding diaryl/α,β-unsaturated/α-hetero) is 2. The number of rotatable bonds is 18. The highest BCUT2D eigenvalue weighted by atomic mass is 16.6. The minimum atomic E-state index is -0.989. The van der Waals surface area contributed by atoms with E-state index in [0.29, 0.717) is 47.8 Å². The van der Waals surface area contributed by atoms with Gasteiger partial charge in [0.15, 0.2) is 24.8 Å². The van der Waals surface area contributed by atoms with Gasteiger partial charge < -0.3 is 29.6 Å². The number of ketones is 2. The predicted octanol–water partition coefficient (Wildman–Crippen LogP) is 8.89. The van der Waals surface area contributed by atoms with E-state index >= 15 is 0 Å². The molecule has 4 aliphatic carbocycles. The van der Waals surface area contributed by atoms with Crippen LogP contribution in [0.2, 0.25) is 0 Å². The molecule has 0 heterocycles. The van der Waals surface area contributed by atoms with E-state index in [1.54, 1.807) is 42.5 Å². The van der Waals surface area contributed by atoms with Gasteiger partial charge in [-0.3, -0.25) is 19.2 Å². The van der Waals surface area contributed by atoms with Gasteiger partial charge in [0.25, 0.3) is 11.8 Å². The third-order valence-corrected chi connectivity index (χ3v) is 13.9. The average molecular weight is 951 g/mol. The largest absolute Gasteiger partial charge is 0.462 e. The fourth-order valence-electron chi connectivity index (χ4n) is 10.4. The van der Waals surface area contributed by atoms with Crippen molar-refractivity contribution in [3.63, 3.8) is 0 Å². The summed E-state index contributed by atoms with van der Waals surface area (Å²) in [6.07, 6.45) is 4.82. The molecule has 70 heavy (non-hydrogen) atoms. The smallest absolute Gasteiger partial charge is 0.339 e. The van der Waals surface area contributed by atoms with E-state index in [9.17, 15) is 38.4 Å². The van der Waals surface area contributed by atoms with Crippen molar-refractivity contribution in [3.05, 3.63) is 159 Å². The van der Waals surface area contributed by atoms with Gasteiger partial charge in [0, 0.05) is 23.6 Å². The lowest BCUT2D eigenvalue weighted by Gasteiger charge is -2.60. The lowest BCUT2D eigenvalue weighted by molar-refractivity contribution is -0.177. The summed E-state index contributed by atoms with van der Waals surface area (Å²) in [5.74, 6) is -4.45. The minimum absolute atomic E-state index is 0.0262. The molecule has 14 nitrogen and oxygen atoms in total. The molecule has 0 saturated heterocycles. The molecule has 364 valence electrons. The number of amides is 2. The summed E-state index contributed by atoms with van der Waals surface area (Å²) in [6.45, 7) is 14.8. The molecule has 0 aliphatic heterocycles. The lowest BCUT2D eigenvalue weighted by Crippen LogP contribution is -2.58. The molecule has 0 spiro atoms. The van der Waals surface area contributed by atoms with E-state index < -0.39 is 65.5 Å². The Balaban J connectivity index is 1.12. The number of carbonyl (C=O) groups is 8. The highest BCUT2D eigenvalue weighted by molar-refractivity contribution is 6.12. The van der Waals surface area contributed by atoms with Crippen LogP contribution in [0.15, 0.2) is 109 Å². The van der Waals surface area contributed by atoms with E-state index in [2.05, 4.69) is 23.8 Å². The second-order valence-corrected chi connectivity index (χ2v) is 19.8. The minimum Gasteiger partial charge on any atom is -0.462 e. The number of anilines is 1. The van der Waals surface area contributed by atoms with Gasteiger partial charge in [-0.15, -0.1) is 0 Å². The summed E-state index contributed by atoms with van der Waals surface area (Å²) in [5.41, 5.74) is 0.966. The molecule has 4 fully saturated rings. The Morgan fingerprint density at radius 3 is 1.70 bits per heavy atom. The number of hydrogen-bond donors (Lipinski definition) is 2. The summed E-state index contributed by atoms with van der Waals surface area (Å²) in [6, 6.07) is 22.6. The third-order valence-electron chi connectivity index (χ3n) is 13.9. The van der Waals surface area contributed by atoms with Gasteiger partial charge in [0.2, 0.25) is 0 Å². The van der Waals surface area contributed by atoms with Gasteiger partial charge in [-0.25, -0.2) is 19.2 Å². The van der Waals surface area contributed by atoms with Crippen LogP contribution in [0.3, 0.4) is 0 Å². The fourth-order valence-corrected chi connectivity index (χ4v) is 10.4. The topological polar surface area (TPSA) is 198 Å². The Morgan fingerprint density at radius 1 is 0.629 bits per heavy atom. The molecular formula is C56H58N2O12. The quantitative estimate of drug-likeness (QED) is 0.0547. The normalized spacial score (nSPS) is 19.8. The van der Waals surface area contributed by atoms with Crippen molar-refractivity contribution in [1.29, 1.82) is 0 Å². The zero-order valence-corrected chi connectivity index (χ0v) is 40.4. The first kappa shape index (κ1) is 50.4. The molecule has 2 N–H and O–H groups in total. The van der Waals surface area contributed by atoms with Crippen LogP contribution in [0.1, 0.15) is 145 Å². The van der Waals surface area contributed by atoms with Crippen molar-refractivity contribution in [1.82, 2.24) is 5.32 Å². The number of hydrogen-bond acceptors (Lipinski definition) is 12. The Morgan fingerprint density at radius 2 is 1.17 bits per heavy atom. The molecule has 14 heteroatoms. The average Bonchev–Trinajstić information content (AvgIpc) is 3.32. The molecule has 8 rings (SSSR count). The van der Waals surface area contributed by atoms with Crippen LogP contribution in [0.5, 0.6) is 0 Å². The number of benzene rings is 4. The molecule has 0 aromatic heterocycles. The van der Waals surface area contributed by atoms with Gasteiger partial charge in [-0.05, 0) is 148 Å². The van der Waals surface area contributed by atoms with Crippen molar-refractivity contribution in [2.24, 2.45) is 17.3 Å². The number of aryl methyl sites for hydroxylation is 1. The zero-order chi connectivity index (χ0) is 50.7. The van der Waals surface area contributed by atoms with Crippen molar-refractivity contribution in [2.75, 3.05) is 32.2 Å². The van der Waals surface area contributed by atoms with Crippen LogP contribution in [0.25, 0.3) is 0 Å². The highest BCUT2D eigenvalue weighted by Gasteiger charge is 2.60. The fraction of sp³-hybridized carbons (Fsp3) is 0.357. The maximum atomic E-state index is 14.4. The second kappa shape index (κ2) is 20.2. The molecule has 0 radical (unpaired) electrons. The molecular weight excluding hydrogens is 893 g/mol. The zero-order valence-electron chi connectivity index (χ0n) is 40.4. The SMILES string of the molecule is C=C(C)C(=O)COC(=O)c1ccc(C(C)(C)c2ccc(C(=O)OCC(=O)C(=C)C)c(C(=O)Nc3cccc(C(=O)OC45CC6CC(CC(COC(=O)c7ccc(C)cc7)(C6)C4)C5)c3)c2)cc1C(=O)NC. The Hall–Kier alpha value is -7.48. The number of nitrogens with one attached hydrogen (secondary N) is 2. The molecule has 4 saturated carbocycles. The van der Waals surface area contributed by atoms with Gasteiger partial charge in [0.05, 0.1) is 40.0 Å². The Labute approximate surface area is 407 Å². The van der Waals surface area contributed by atoms with Crippen LogP contribution in [0, 0.1) is 24.2 Å². The molecule has 4 aromatic rings. The molecule has 2 unspecified atom stereocenters. The molecule has 2 amide bonds. The Bertz CT molecular complexity index is 2820. The number of esters is 4. The van der Waals surface area contributed by atoms with Crippen LogP contribution in [-0.4, -0.2) is 79.7 Å². The van der Waals surface area contributed by atoms with E-state index in [1.807, 2.05) is 32.9 Å². The van der Waals surface area contributed by atoms with E-state index in [0.717, 1.165) is 24.8 Å². The molecule has 4 aromatic carbocycles. The van der Waals surface area contributed by atoms with Gasteiger partial charge in [-0.1, -0.05) is 62.9 Å². The highest BCUT2D eigenvalue weighted by Crippen LogP contribution is 2.63. The molecule has 4 bridgehead atoms. The number of carbonyl (C=O) groups excluding carboxylic acids is 8. The first-order valence-corrected chi connectivity index (χ1v) is 23.2. The van der Waals surface area contributed by atoms with Crippen LogP contribution in [0.4, 0.5) is 5.69 Å². The van der Waals surface area contributed by atoms with Crippen molar-refractivity contribution in [2.45, 2.75) is 84.2 Å². The molecule has 2 atom stereocenters. The lowest BCUT2D eigenvalue weighted by atomic mass is 9.48. The summed E-state index contributed by atoms with van der Waals surface area (Å²) < 4.78 is 22.9. The molecule has 4 aliphatic rings. The van der Waals surface area contributed by atoms with Crippen molar-refractivity contribution >= 4 is 52.9 Å². The third kappa shape index (κ3) is 11.0. The van der Waals surface area contributed by atoms with Crippen molar-refractivity contribution < 1.29 is 57.3 Å². The van der Waals surface area contributed by atoms with Gasteiger partial charge in [-0.2, -0.15) is 0 Å². The van der Waals surface area contributed by atoms with Crippen LogP contribution < -0.4 is 10.6 Å². The maximum absolute atomic E-state index is 14.4. The van der Waals surface area contributed by atoms with Gasteiger partial charge in [0.1, 0.15) is 5.60 Å². The maximum Gasteiger partial charge on any atom is 0.339 e. The van der Waals surface area contributed by atoms with Crippen LogP contribution >= 0.6 is 0 Å². The van der Waals surface area contributed by atoms with Crippen LogP contribution in [-0.2, 0) is 34.0 Å². The predicted molar refractivity (Wildman–Crippen MR) is 260 cm³/mol. The summed E-state index contributed by atoms with van der Waals surface area (Å²) in [7, 11) is 1.40. The first-order chi connectivity index (χ1) is 33.1.